The fraction of sp³-hybridized carbons (Fsp3) is 0.115. The molecule has 0 saturated heterocycles. The van der Waals surface area contributed by atoms with Crippen LogP contribution in [-0.2, 0) is 13.0 Å². The predicted octanol–water partition coefficient (Wildman–Crippen LogP) is 4.52. The van der Waals surface area contributed by atoms with E-state index < -0.39 is 0 Å². The summed E-state index contributed by atoms with van der Waals surface area (Å²) >= 11 is 0. The summed E-state index contributed by atoms with van der Waals surface area (Å²) in [6.45, 7) is 0.671. The molecule has 2 aromatic heterocycles. The van der Waals surface area contributed by atoms with E-state index in [4.69, 9.17) is 4.98 Å². The molecule has 0 aliphatic rings. The van der Waals surface area contributed by atoms with Gasteiger partial charge >= 0.3 is 0 Å². The first-order valence-corrected chi connectivity index (χ1v) is 10.6. The molecular weight excluding hydrogens is 398 g/mol. The maximum absolute atomic E-state index is 13.1. The van der Waals surface area contributed by atoms with Crippen molar-refractivity contribution in [2.45, 2.75) is 19.0 Å². The quantitative estimate of drug-likeness (QED) is 0.406. The predicted molar refractivity (Wildman–Crippen MR) is 124 cm³/mol. The number of hydrogen-bond donors (Lipinski definition) is 2. The second kappa shape index (κ2) is 8.89. The minimum Gasteiger partial charge on any atom is -0.342 e. The Morgan fingerprint density at radius 2 is 1.69 bits per heavy atom. The molecule has 0 spiro atoms. The van der Waals surface area contributed by atoms with E-state index in [2.05, 4.69) is 27.5 Å². The lowest BCUT2D eigenvalue weighted by Crippen LogP contribution is -2.30. The van der Waals surface area contributed by atoms with Gasteiger partial charge in [-0.15, -0.1) is 0 Å². The number of rotatable bonds is 7. The van der Waals surface area contributed by atoms with Gasteiger partial charge in [-0.3, -0.25) is 9.48 Å². The number of carbonyl (C=O) groups excluding carboxylic acids is 1. The van der Waals surface area contributed by atoms with Gasteiger partial charge in [0.25, 0.3) is 5.91 Å². The van der Waals surface area contributed by atoms with Gasteiger partial charge in [0.1, 0.15) is 5.82 Å². The van der Waals surface area contributed by atoms with Crippen LogP contribution in [0.3, 0.4) is 0 Å². The Morgan fingerprint density at radius 1 is 0.906 bits per heavy atom. The van der Waals surface area contributed by atoms with Crippen molar-refractivity contribution < 1.29 is 4.79 Å². The van der Waals surface area contributed by atoms with E-state index in [1.165, 1.54) is 0 Å². The maximum Gasteiger partial charge on any atom is 0.251 e. The molecule has 158 valence electrons. The highest BCUT2D eigenvalue weighted by molar-refractivity contribution is 5.94. The van der Waals surface area contributed by atoms with Crippen LogP contribution in [0.5, 0.6) is 0 Å². The Balaban J connectivity index is 1.37. The summed E-state index contributed by atoms with van der Waals surface area (Å²) < 4.78 is 1.85. The van der Waals surface area contributed by atoms with Crippen molar-refractivity contribution in [1.29, 1.82) is 0 Å². The summed E-state index contributed by atoms with van der Waals surface area (Å²) in [4.78, 5) is 21.2. The lowest BCUT2D eigenvalue weighted by molar-refractivity contribution is 0.0935. The molecule has 5 rings (SSSR count). The first-order valence-electron chi connectivity index (χ1n) is 10.6. The zero-order valence-electron chi connectivity index (χ0n) is 17.5. The van der Waals surface area contributed by atoms with Crippen LogP contribution in [-0.4, -0.2) is 25.7 Å². The Kier molecular flexibility index (Phi) is 5.49. The van der Waals surface area contributed by atoms with Crippen LogP contribution in [0.4, 0.5) is 0 Å². The number of fused-ring (bicyclic) bond motifs is 1. The molecule has 0 bridgehead atoms. The van der Waals surface area contributed by atoms with Crippen LogP contribution in [0.25, 0.3) is 11.0 Å². The molecular formula is C26H23N5O. The lowest BCUT2D eigenvalue weighted by atomic mass is 10.0. The second-order valence-corrected chi connectivity index (χ2v) is 7.76. The number of para-hydroxylation sites is 2. The number of imidazole rings is 1. The Bertz CT molecular complexity index is 1270. The van der Waals surface area contributed by atoms with Crippen LogP contribution in [0.15, 0.2) is 97.3 Å². The number of hydrogen-bond acceptors (Lipinski definition) is 3. The van der Waals surface area contributed by atoms with E-state index in [1.54, 1.807) is 6.20 Å². The van der Waals surface area contributed by atoms with E-state index >= 15 is 0 Å². The molecule has 32 heavy (non-hydrogen) atoms. The van der Waals surface area contributed by atoms with Crippen LogP contribution < -0.4 is 5.32 Å². The highest BCUT2D eigenvalue weighted by Crippen LogP contribution is 2.20. The number of nitrogens with zero attached hydrogens (tertiary/aromatic N) is 3. The lowest BCUT2D eigenvalue weighted by Gasteiger charge is -2.17. The van der Waals surface area contributed by atoms with Crippen LogP contribution >= 0.6 is 0 Å². The van der Waals surface area contributed by atoms with Gasteiger partial charge in [0.05, 0.1) is 23.6 Å². The Morgan fingerprint density at radius 3 is 2.44 bits per heavy atom. The normalized spacial score (nSPS) is 12.0. The first-order chi connectivity index (χ1) is 15.7. The van der Waals surface area contributed by atoms with Crippen molar-refractivity contribution >= 4 is 16.9 Å². The summed E-state index contributed by atoms with van der Waals surface area (Å²) in [5.74, 6) is 0.621. The summed E-state index contributed by atoms with van der Waals surface area (Å²) in [7, 11) is 0. The van der Waals surface area contributed by atoms with Gasteiger partial charge in [-0.05, 0) is 47.9 Å². The van der Waals surface area contributed by atoms with Gasteiger partial charge in [-0.25, -0.2) is 4.98 Å². The fourth-order valence-corrected chi connectivity index (χ4v) is 3.79. The minimum absolute atomic E-state index is 0.128. The molecule has 5 aromatic rings. The number of nitrogens with one attached hydrogen (secondary N) is 2. The SMILES string of the molecule is O=C(N[C@H](Cc1ccccc1)c1nc2ccccc2[nH]1)c1ccc(Cn2cccn2)cc1. The summed E-state index contributed by atoms with van der Waals surface area (Å²) in [5, 5.41) is 7.40. The molecule has 0 aliphatic heterocycles. The molecule has 1 atom stereocenters. The number of H-pyrrole nitrogens is 1. The summed E-state index contributed by atoms with van der Waals surface area (Å²) in [6, 6.07) is 27.3. The van der Waals surface area contributed by atoms with Gasteiger partial charge in [0.15, 0.2) is 0 Å². The number of carbonyl (C=O) groups is 1. The van der Waals surface area contributed by atoms with Gasteiger partial charge in [0.2, 0.25) is 0 Å². The zero-order chi connectivity index (χ0) is 21.8. The van der Waals surface area contributed by atoms with Crippen molar-refractivity contribution in [3.63, 3.8) is 0 Å². The number of aromatic nitrogens is 4. The summed E-state index contributed by atoms with van der Waals surface area (Å²) in [6.07, 6.45) is 4.32. The summed E-state index contributed by atoms with van der Waals surface area (Å²) in [5.41, 5.74) is 4.68. The van der Waals surface area contributed by atoms with Crippen LogP contribution in [0, 0.1) is 0 Å². The molecule has 2 heterocycles. The number of aromatic amines is 1. The molecule has 0 unspecified atom stereocenters. The van der Waals surface area contributed by atoms with Gasteiger partial charge < -0.3 is 10.3 Å². The Labute approximate surface area is 185 Å². The van der Waals surface area contributed by atoms with Crippen LogP contribution in [0.1, 0.15) is 33.4 Å². The highest BCUT2D eigenvalue weighted by atomic mass is 16.1. The average Bonchev–Trinajstić information content (AvgIpc) is 3.49. The number of amides is 1. The van der Waals surface area contributed by atoms with Crippen molar-refractivity contribution in [1.82, 2.24) is 25.1 Å². The molecule has 6 nitrogen and oxygen atoms in total. The highest BCUT2D eigenvalue weighted by Gasteiger charge is 2.20. The van der Waals surface area contributed by atoms with Crippen molar-refractivity contribution in [2.24, 2.45) is 0 Å². The average molecular weight is 422 g/mol. The van der Waals surface area contributed by atoms with E-state index in [1.807, 2.05) is 83.7 Å². The van der Waals surface area contributed by atoms with E-state index in [0.717, 1.165) is 28.0 Å². The van der Waals surface area contributed by atoms with Gasteiger partial charge in [0, 0.05) is 18.0 Å². The molecule has 1 amide bonds. The molecule has 3 aromatic carbocycles. The third-order valence-corrected chi connectivity index (χ3v) is 5.45. The monoisotopic (exact) mass is 421 g/mol. The zero-order valence-corrected chi connectivity index (χ0v) is 17.5. The van der Waals surface area contributed by atoms with Gasteiger partial charge in [-0.2, -0.15) is 5.10 Å². The molecule has 0 radical (unpaired) electrons. The molecule has 0 fully saturated rings. The van der Waals surface area contributed by atoms with Crippen molar-refractivity contribution in [3.05, 3.63) is 120 Å². The number of benzene rings is 3. The van der Waals surface area contributed by atoms with Crippen molar-refractivity contribution in [3.8, 4) is 0 Å². The van der Waals surface area contributed by atoms with Crippen molar-refractivity contribution in [2.75, 3.05) is 0 Å². The topological polar surface area (TPSA) is 75.6 Å². The minimum atomic E-state index is -0.277. The maximum atomic E-state index is 13.1. The smallest absolute Gasteiger partial charge is 0.251 e. The van der Waals surface area contributed by atoms with E-state index in [9.17, 15) is 4.79 Å². The Hall–Kier alpha value is -4.19. The third kappa shape index (κ3) is 4.44. The van der Waals surface area contributed by atoms with Gasteiger partial charge in [-0.1, -0.05) is 54.6 Å². The van der Waals surface area contributed by atoms with E-state index in [0.29, 0.717) is 18.5 Å². The first kappa shape index (κ1) is 19.8. The second-order valence-electron chi connectivity index (χ2n) is 7.76. The molecule has 0 saturated carbocycles. The fourth-order valence-electron chi connectivity index (χ4n) is 3.79. The third-order valence-electron chi connectivity index (χ3n) is 5.45. The van der Waals surface area contributed by atoms with E-state index in [-0.39, 0.29) is 11.9 Å². The molecule has 2 N–H and O–H groups in total. The molecule has 6 heteroatoms. The standard InChI is InChI=1S/C26H23N5O/c32-26(21-13-11-20(12-14-21)18-31-16-6-15-27-31)30-24(17-19-7-2-1-3-8-19)25-28-22-9-4-5-10-23(22)29-25/h1-16,24H,17-18H2,(H,28,29)(H,30,32)/t24-/m1/s1. The largest absolute Gasteiger partial charge is 0.342 e. The molecule has 0 aliphatic carbocycles. The van der Waals surface area contributed by atoms with Crippen LogP contribution in [0.2, 0.25) is 0 Å².